The molecule has 1 aliphatic rings. The van der Waals surface area contributed by atoms with Crippen molar-refractivity contribution < 1.29 is 26.0 Å². The molecule has 9 nitrogen and oxygen atoms in total. The number of nitriles is 1. The molecular formula is C22H20ClF4N7O2S. The lowest BCUT2D eigenvalue weighted by Gasteiger charge is -2.33. The van der Waals surface area contributed by atoms with E-state index < -0.39 is 46.2 Å². The minimum atomic E-state index is -4.81. The van der Waals surface area contributed by atoms with Crippen molar-refractivity contribution in [2.45, 2.75) is 31.7 Å². The highest BCUT2D eigenvalue weighted by atomic mass is 35.5. The van der Waals surface area contributed by atoms with E-state index in [-0.39, 0.29) is 41.0 Å². The van der Waals surface area contributed by atoms with Crippen LogP contribution in [0.25, 0.3) is 17.1 Å². The third-order valence-electron chi connectivity index (χ3n) is 5.87. The first-order chi connectivity index (χ1) is 17.3. The van der Waals surface area contributed by atoms with Crippen molar-refractivity contribution in [2.75, 3.05) is 24.7 Å². The summed E-state index contributed by atoms with van der Waals surface area (Å²) in [5, 5.41) is 12.0. The number of sulfonamides is 1. The monoisotopic (exact) mass is 557 g/mol. The molecule has 1 fully saturated rings. The fraction of sp³-hybridized carbons (Fsp3) is 0.364. The number of aryl methyl sites for hydroxylation is 1. The normalized spacial score (nSPS) is 19.0. The molecular weight excluding hydrogens is 538 g/mol. The van der Waals surface area contributed by atoms with Crippen molar-refractivity contribution in [2.24, 2.45) is 0 Å². The zero-order valence-electron chi connectivity index (χ0n) is 19.5. The Morgan fingerprint density at radius 1 is 1.27 bits per heavy atom. The van der Waals surface area contributed by atoms with Gasteiger partial charge >= 0.3 is 6.18 Å². The van der Waals surface area contributed by atoms with Crippen molar-refractivity contribution in [3.8, 4) is 23.1 Å². The number of anilines is 1. The van der Waals surface area contributed by atoms with Gasteiger partial charge < -0.3 is 9.88 Å². The van der Waals surface area contributed by atoms with E-state index in [2.05, 4.69) is 20.3 Å². The summed E-state index contributed by atoms with van der Waals surface area (Å²) in [7, 11) is -3.58. The average molecular weight is 558 g/mol. The van der Waals surface area contributed by atoms with Gasteiger partial charge in [-0.25, -0.2) is 27.8 Å². The minimum Gasteiger partial charge on any atom is -0.348 e. The van der Waals surface area contributed by atoms with Crippen LogP contribution in [0.15, 0.2) is 30.6 Å². The Kier molecular flexibility index (Phi) is 7.15. The summed E-state index contributed by atoms with van der Waals surface area (Å²) in [5.41, 5.74) is -1.30. The first-order valence-corrected chi connectivity index (χ1v) is 13.1. The quantitative estimate of drug-likeness (QED) is 0.472. The van der Waals surface area contributed by atoms with E-state index in [1.165, 1.54) is 16.8 Å². The predicted octanol–water partition coefficient (Wildman–Crippen LogP) is 3.97. The molecule has 0 saturated carbocycles. The van der Waals surface area contributed by atoms with Gasteiger partial charge in [0.25, 0.3) is 0 Å². The van der Waals surface area contributed by atoms with E-state index >= 15 is 0 Å². The third kappa shape index (κ3) is 5.53. The van der Waals surface area contributed by atoms with Crippen molar-refractivity contribution >= 4 is 27.6 Å². The number of nitrogens with one attached hydrogen (secondary N) is 1. The van der Waals surface area contributed by atoms with Crippen molar-refractivity contribution in [1.29, 1.82) is 5.26 Å². The van der Waals surface area contributed by atoms with Gasteiger partial charge in [0, 0.05) is 25.5 Å². The van der Waals surface area contributed by atoms with Crippen LogP contribution < -0.4 is 5.32 Å². The van der Waals surface area contributed by atoms with Crippen molar-refractivity contribution in [3.63, 3.8) is 0 Å². The Balaban J connectivity index is 1.70. The molecule has 4 rings (SSSR count). The molecule has 0 bridgehead atoms. The molecule has 1 aliphatic heterocycles. The fourth-order valence-corrected chi connectivity index (χ4v) is 5.09. The summed E-state index contributed by atoms with van der Waals surface area (Å²) in [5.74, 6) is 0.0189. The number of piperidine rings is 1. The Hall–Kier alpha value is -3.28. The first-order valence-electron chi connectivity index (χ1n) is 10.8. The highest BCUT2D eigenvalue weighted by molar-refractivity contribution is 7.88. The van der Waals surface area contributed by atoms with Gasteiger partial charge in [0.2, 0.25) is 16.0 Å². The molecule has 0 aliphatic carbocycles. The molecule has 3 heterocycles. The van der Waals surface area contributed by atoms with E-state index in [1.807, 2.05) is 6.07 Å². The maximum absolute atomic E-state index is 14.7. The van der Waals surface area contributed by atoms with Crippen LogP contribution in [0.3, 0.4) is 0 Å². The minimum absolute atomic E-state index is 0.0382. The van der Waals surface area contributed by atoms with Crippen molar-refractivity contribution in [3.05, 3.63) is 52.6 Å². The molecule has 0 amide bonds. The van der Waals surface area contributed by atoms with Crippen LogP contribution in [0.1, 0.15) is 23.4 Å². The van der Waals surface area contributed by atoms with Crippen LogP contribution in [0.4, 0.5) is 23.5 Å². The summed E-state index contributed by atoms with van der Waals surface area (Å²) in [6.45, 7) is 1.20. The van der Waals surface area contributed by atoms with Crippen LogP contribution in [-0.2, 0) is 16.2 Å². The molecule has 1 aromatic carbocycles. The number of hydrogen-bond donors (Lipinski definition) is 1. The number of aromatic nitrogens is 4. The van der Waals surface area contributed by atoms with Crippen molar-refractivity contribution in [1.82, 2.24) is 23.8 Å². The van der Waals surface area contributed by atoms with Gasteiger partial charge in [-0.2, -0.15) is 22.7 Å². The number of imidazole rings is 1. The molecule has 196 valence electrons. The van der Waals surface area contributed by atoms with Gasteiger partial charge in [-0.1, -0.05) is 17.7 Å². The zero-order chi connectivity index (χ0) is 27.1. The number of hydrogen-bond acceptors (Lipinski definition) is 7. The summed E-state index contributed by atoms with van der Waals surface area (Å²) >= 11 is 6.30. The summed E-state index contributed by atoms with van der Waals surface area (Å²) < 4.78 is 82.0. The third-order valence-corrected chi connectivity index (χ3v) is 7.53. The lowest BCUT2D eigenvalue weighted by Crippen LogP contribution is -2.49. The van der Waals surface area contributed by atoms with Crippen LogP contribution in [-0.4, -0.2) is 63.8 Å². The molecule has 15 heteroatoms. The van der Waals surface area contributed by atoms with Gasteiger partial charge in [-0.15, -0.1) is 0 Å². The van der Waals surface area contributed by atoms with E-state index in [0.29, 0.717) is 11.9 Å². The van der Waals surface area contributed by atoms with Crippen LogP contribution in [0.5, 0.6) is 0 Å². The second kappa shape index (κ2) is 9.88. The second-order valence-electron chi connectivity index (χ2n) is 8.42. The topological polar surface area (TPSA) is 117 Å². The molecule has 0 unspecified atom stereocenters. The van der Waals surface area contributed by atoms with Crippen LogP contribution >= 0.6 is 11.6 Å². The summed E-state index contributed by atoms with van der Waals surface area (Å²) in [4.78, 5) is 12.0. The molecule has 2 aromatic heterocycles. The van der Waals surface area contributed by atoms with E-state index in [0.717, 1.165) is 10.6 Å². The number of rotatable bonds is 5. The van der Waals surface area contributed by atoms with E-state index in [4.69, 9.17) is 11.6 Å². The Morgan fingerprint density at radius 2 is 2.00 bits per heavy atom. The van der Waals surface area contributed by atoms with Gasteiger partial charge in [0.15, 0.2) is 0 Å². The molecule has 2 atom stereocenters. The highest BCUT2D eigenvalue weighted by Crippen LogP contribution is 2.37. The second-order valence-corrected chi connectivity index (χ2v) is 10.8. The summed E-state index contributed by atoms with van der Waals surface area (Å²) in [6, 6.07) is 5.70. The molecule has 1 saturated heterocycles. The Bertz CT molecular complexity index is 1490. The molecule has 1 N–H and O–H groups in total. The molecule has 0 radical (unpaired) electrons. The zero-order valence-corrected chi connectivity index (χ0v) is 21.0. The largest absolute Gasteiger partial charge is 0.420 e. The number of halogens is 5. The van der Waals surface area contributed by atoms with Gasteiger partial charge in [-0.3, -0.25) is 0 Å². The van der Waals surface area contributed by atoms with Crippen LogP contribution in [0, 0.1) is 18.3 Å². The van der Waals surface area contributed by atoms with Gasteiger partial charge in [0.05, 0.1) is 28.6 Å². The van der Waals surface area contributed by atoms with Crippen LogP contribution in [0.2, 0.25) is 5.02 Å². The number of alkyl halides is 4. The fourth-order valence-electron chi connectivity index (χ4n) is 3.98. The maximum Gasteiger partial charge on any atom is 0.420 e. The Labute approximate surface area is 214 Å². The maximum atomic E-state index is 14.7. The average Bonchev–Trinajstić information content (AvgIpc) is 3.20. The standard InChI is InChI=1S/C22H20ClF4N7O2S/c1-12-30-17(11-34(12)18-5-3-4-13(8-28)19(18)23)20-14(22(25,26)27)9-29-21(32-20)31-16-6-7-33(10-15(16)24)37(2,35)36/h3-5,9,11,15-16H,6-7,10H2,1-2H3,(H,29,31,32)/t15-,16+/m1/s1. The Morgan fingerprint density at radius 3 is 2.62 bits per heavy atom. The SMILES string of the molecule is Cc1nc(-c2nc(N[C@H]3CCN(S(C)(=O)=O)C[C@H]3F)ncc2C(F)(F)F)cn1-c1cccc(C#N)c1Cl. The number of nitrogens with zero attached hydrogens (tertiary/aromatic N) is 6. The van der Waals surface area contributed by atoms with Gasteiger partial charge in [-0.05, 0) is 25.5 Å². The summed E-state index contributed by atoms with van der Waals surface area (Å²) in [6.07, 6.45) is -3.51. The van der Waals surface area contributed by atoms with E-state index in [9.17, 15) is 31.2 Å². The number of benzene rings is 1. The van der Waals surface area contributed by atoms with E-state index in [1.54, 1.807) is 19.1 Å². The first kappa shape index (κ1) is 26.8. The smallest absolute Gasteiger partial charge is 0.348 e. The molecule has 37 heavy (non-hydrogen) atoms. The lowest BCUT2D eigenvalue weighted by atomic mass is 10.1. The molecule has 3 aromatic rings. The highest BCUT2D eigenvalue weighted by Gasteiger charge is 2.37. The lowest BCUT2D eigenvalue weighted by molar-refractivity contribution is -0.137. The van der Waals surface area contributed by atoms with Gasteiger partial charge in [0.1, 0.15) is 35.0 Å². The predicted molar refractivity (Wildman–Crippen MR) is 127 cm³/mol. The molecule has 0 spiro atoms.